The van der Waals surface area contributed by atoms with E-state index in [2.05, 4.69) is 56.2 Å². The predicted molar refractivity (Wildman–Crippen MR) is 151 cm³/mol. The number of aromatic amines is 1. The molecule has 1 fully saturated rings. The number of amides is 1. The van der Waals surface area contributed by atoms with Crippen LogP contribution >= 0.6 is 0 Å². The number of hydrogen-bond acceptors (Lipinski definition) is 6. The van der Waals surface area contributed by atoms with Gasteiger partial charge in [0, 0.05) is 77.1 Å². The second-order valence-corrected chi connectivity index (χ2v) is 10.4. The lowest BCUT2D eigenvalue weighted by Crippen LogP contribution is -2.49. The fourth-order valence-electron chi connectivity index (χ4n) is 5.33. The van der Waals surface area contributed by atoms with E-state index in [1.165, 1.54) is 0 Å². The number of hydrogen-bond donors (Lipinski definition) is 3. The van der Waals surface area contributed by atoms with Gasteiger partial charge in [-0.15, -0.1) is 0 Å². The number of morpholine rings is 1. The van der Waals surface area contributed by atoms with Crippen molar-refractivity contribution in [3.05, 3.63) is 74.3 Å². The lowest BCUT2D eigenvalue weighted by Gasteiger charge is -2.34. The van der Waals surface area contributed by atoms with Crippen molar-refractivity contribution in [3.63, 3.8) is 0 Å². The van der Waals surface area contributed by atoms with Crippen LogP contribution in [0.3, 0.4) is 0 Å². The molecule has 9 heteroatoms. The first kappa shape index (κ1) is 25.9. The van der Waals surface area contributed by atoms with Crippen molar-refractivity contribution in [2.24, 2.45) is 4.99 Å². The summed E-state index contributed by atoms with van der Waals surface area (Å²) in [4.78, 5) is 35.9. The molecular formula is C29H36N6O3. The highest BCUT2D eigenvalue weighted by atomic mass is 16.5. The van der Waals surface area contributed by atoms with Gasteiger partial charge in [-0.05, 0) is 70.0 Å². The third kappa shape index (κ3) is 5.04. The lowest BCUT2D eigenvalue weighted by molar-refractivity contribution is 0.0146. The maximum Gasteiger partial charge on any atom is 0.253 e. The van der Waals surface area contributed by atoms with Crippen LogP contribution < -0.4 is 16.2 Å². The highest BCUT2D eigenvalue weighted by Gasteiger charge is 2.24. The molecule has 3 N–H and O–H groups in total. The first-order valence-corrected chi connectivity index (χ1v) is 13.2. The summed E-state index contributed by atoms with van der Waals surface area (Å²) >= 11 is 0. The molecule has 200 valence electrons. The molecule has 1 saturated heterocycles. The van der Waals surface area contributed by atoms with E-state index in [1.54, 1.807) is 0 Å². The first-order valence-electron chi connectivity index (χ1n) is 13.2. The second-order valence-electron chi connectivity index (χ2n) is 10.4. The van der Waals surface area contributed by atoms with Gasteiger partial charge in [0.15, 0.2) is 6.29 Å². The Hall–Kier alpha value is -3.69. The van der Waals surface area contributed by atoms with E-state index in [9.17, 15) is 9.59 Å². The number of benzene rings is 1. The van der Waals surface area contributed by atoms with E-state index >= 15 is 0 Å². The van der Waals surface area contributed by atoms with Crippen LogP contribution in [0, 0.1) is 20.8 Å². The molecule has 38 heavy (non-hydrogen) atoms. The summed E-state index contributed by atoms with van der Waals surface area (Å²) < 4.78 is 7.71. The summed E-state index contributed by atoms with van der Waals surface area (Å²) in [6.07, 6.45) is 5.70. The van der Waals surface area contributed by atoms with Crippen LogP contribution in [-0.4, -0.2) is 59.2 Å². The minimum Gasteiger partial charge on any atom is -0.379 e. The summed E-state index contributed by atoms with van der Waals surface area (Å²) in [5.74, 6) is -0.212. The summed E-state index contributed by atoms with van der Waals surface area (Å²) in [5.41, 5.74) is 6.49. The average Bonchev–Trinajstić information content (AvgIpc) is 3.24. The van der Waals surface area contributed by atoms with Crippen molar-refractivity contribution < 1.29 is 9.53 Å². The van der Waals surface area contributed by atoms with Crippen LogP contribution in [0.5, 0.6) is 0 Å². The van der Waals surface area contributed by atoms with Gasteiger partial charge < -0.3 is 24.9 Å². The minimum atomic E-state index is -0.212. The molecule has 9 nitrogen and oxygen atoms in total. The van der Waals surface area contributed by atoms with Crippen LogP contribution in [-0.2, 0) is 11.3 Å². The molecule has 1 amide bonds. The molecule has 0 radical (unpaired) electrons. The van der Waals surface area contributed by atoms with E-state index in [1.807, 2.05) is 45.2 Å². The molecule has 2 aliphatic rings. The number of nitrogens with zero attached hydrogens (tertiary/aromatic N) is 3. The van der Waals surface area contributed by atoms with Gasteiger partial charge >= 0.3 is 0 Å². The maximum absolute atomic E-state index is 13.7. The Morgan fingerprint density at radius 1 is 1.16 bits per heavy atom. The van der Waals surface area contributed by atoms with Crippen LogP contribution in [0.15, 0.2) is 40.3 Å². The summed E-state index contributed by atoms with van der Waals surface area (Å²) in [7, 11) is 0. The number of aliphatic imine (C=N–C) groups is 1. The highest BCUT2D eigenvalue weighted by Crippen LogP contribution is 2.31. The monoisotopic (exact) mass is 516 g/mol. The zero-order valence-electron chi connectivity index (χ0n) is 22.7. The number of H-pyrrole nitrogens is 1. The second kappa shape index (κ2) is 10.6. The SMILES string of the molecule is Cc1cc(C)c(CNC(=O)c2cc(C3=CC=NC(N4CCOCC4)N3)cc3c2c(C)cn3C(C)C)c(=O)[nH]1. The third-order valence-corrected chi connectivity index (χ3v) is 7.30. The molecule has 0 spiro atoms. The van der Waals surface area contributed by atoms with Gasteiger partial charge in [-0.25, -0.2) is 0 Å². The number of aryl methyl sites for hydroxylation is 3. The van der Waals surface area contributed by atoms with Crippen molar-refractivity contribution in [1.82, 2.24) is 25.1 Å². The first-order chi connectivity index (χ1) is 18.2. The zero-order chi connectivity index (χ0) is 27.0. The number of carbonyl (C=O) groups is 1. The molecule has 0 aliphatic carbocycles. The molecule has 0 bridgehead atoms. The predicted octanol–water partition coefficient (Wildman–Crippen LogP) is 3.40. The van der Waals surface area contributed by atoms with Crippen molar-refractivity contribution in [2.75, 3.05) is 26.3 Å². The number of pyridine rings is 1. The number of fused-ring (bicyclic) bond motifs is 1. The van der Waals surface area contributed by atoms with E-state index in [0.717, 1.165) is 52.1 Å². The quantitative estimate of drug-likeness (QED) is 0.466. The van der Waals surface area contributed by atoms with Crippen LogP contribution in [0.2, 0.25) is 0 Å². The number of carbonyl (C=O) groups excluding carboxylic acids is 1. The summed E-state index contributed by atoms with van der Waals surface area (Å²) in [6, 6.07) is 6.22. The fourth-order valence-corrected chi connectivity index (χ4v) is 5.33. The maximum atomic E-state index is 13.7. The summed E-state index contributed by atoms with van der Waals surface area (Å²) in [5, 5.41) is 7.48. The van der Waals surface area contributed by atoms with Crippen LogP contribution in [0.4, 0.5) is 0 Å². The fraction of sp³-hybridized carbons (Fsp3) is 0.414. The van der Waals surface area contributed by atoms with Crippen LogP contribution in [0.1, 0.15) is 58.2 Å². The normalized spacial score (nSPS) is 18.1. The van der Waals surface area contributed by atoms with E-state index in [-0.39, 0.29) is 30.3 Å². The van der Waals surface area contributed by atoms with Gasteiger partial charge in [0.25, 0.3) is 11.5 Å². The van der Waals surface area contributed by atoms with Gasteiger partial charge in [-0.3, -0.25) is 19.5 Å². The van der Waals surface area contributed by atoms with Crippen molar-refractivity contribution in [2.45, 2.75) is 53.5 Å². The van der Waals surface area contributed by atoms with E-state index < -0.39 is 0 Å². The molecule has 0 saturated carbocycles. The Bertz CT molecular complexity index is 1490. The topological polar surface area (TPSA) is 104 Å². The number of nitrogens with one attached hydrogen (secondary N) is 3. The Balaban J connectivity index is 1.51. The van der Waals surface area contributed by atoms with E-state index in [4.69, 9.17) is 4.74 Å². The Morgan fingerprint density at radius 3 is 2.63 bits per heavy atom. The number of ether oxygens (including phenoxy) is 1. The van der Waals surface area contributed by atoms with Gasteiger partial charge in [-0.2, -0.15) is 0 Å². The molecule has 1 aromatic carbocycles. The molecule has 3 aromatic rings. The van der Waals surface area contributed by atoms with Crippen molar-refractivity contribution >= 4 is 28.7 Å². The summed E-state index contributed by atoms with van der Waals surface area (Å²) in [6.45, 7) is 13.2. The van der Waals surface area contributed by atoms with Gasteiger partial charge in [0.1, 0.15) is 0 Å². The van der Waals surface area contributed by atoms with E-state index in [0.29, 0.717) is 24.3 Å². The number of rotatable bonds is 6. The minimum absolute atomic E-state index is 0.155. The molecule has 5 rings (SSSR count). The molecule has 1 unspecified atom stereocenters. The van der Waals surface area contributed by atoms with Gasteiger partial charge in [-0.1, -0.05) is 0 Å². The molecule has 1 atom stereocenters. The van der Waals surface area contributed by atoms with Crippen molar-refractivity contribution in [1.29, 1.82) is 0 Å². The third-order valence-electron chi connectivity index (χ3n) is 7.30. The molecule has 4 heterocycles. The smallest absolute Gasteiger partial charge is 0.253 e. The largest absolute Gasteiger partial charge is 0.379 e. The number of aromatic nitrogens is 2. The van der Waals surface area contributed by atoms with Gasteiger partial charge in [0.05, 0.1) is 13.2 Å². The molecule has 2 aromatic heterocycles. The zero-order valence-corrected chi connectivity index (χ0v) is 22.7. The Morgan fingerprint density at radius 2 is 1.92 bits per heavy atom. The van der Waals surface area contributed by atoms with Crippen LogP contribution in [0.25, 0.3) is 16.6 Å². The average molecular weight is 517 g/mol. The lowest BCUT2D eigenvalue weighted by atomic mass is 10.00. The Labute approximate surface area is 222 Å². The van der Waals surface area contributed by atoms with Gasteiger partial charge in [0.2, 0.25) is 0 Å². The van der Waals surface area contributed by atoms with Crippen molar-refractivity contribution in [3.8, 4) is 0 Å². The molecule has 2 aliphatic heterocycles. The highest BCUT2D eigenvalue weighted by molar-refractivity contribution is 6.09. The Kier molecular flexibility index (Phi) is 7.23. The molecular weight excluding hydrogens is 480 g/mol. The number of allylic oxidation sites excluding steroid dienone is 1. The standard InChI is InChI=1S/C29H36N6O3/c1-17(2)35-16-19(4)26-22(27(36)31-15-23-18(3)12-20(5)32-28(23)37)13-21(14-25(26)35)24-6-7-30-29(33-24)34-8-10-38-11-9-34/h6-7,12-14,16-17,29,33H,8-11,15H2,1-5H3,(H,31,36)(H,32,37).